The quantitative estimate of drug-likeness (QED) is 0.497. The molecule has 1 aromatic carbocycles. The predicted molar refractivity (Wildman–Crippen MR) is 69.0 cm³/mol. The molecule has 6 heteroatoms. The summed E-state index contributed by atoms with van der Waals surface area (Å²) in [4.78, 5) is 35.3. The van der Waals surface area contributed by atoms with Crippen LogP contribution in [0.4, 0.5) is 0 Å². The van der Waals surface area contributed by atoms with Gasteiger partial charge in [-0.3, -0.25) is 19.7 Å². The van der Waals surface area contributed by atoms with Crippen LogP contribution in [0.1, 0.15) is 17.9 Å². The Bertz CT molecular complexity index is 554. The Hall–Kier alpha value is -2.37. The second kappa shape index (κ2) is 5.73. The molecule has 0 saturated carbocycles. The highest BCUT2D eigenvalue weighted by Gasteiger charge is 2.43. The van der Waals surface area contributed by atoms with Gasteiger partial charge in [-0.2, -0.15) is 0 Å². The first-order valence-electron chi connectivity index (χ1n) is 6.13. The summed E-state index contributed by atoms with van der Waals surface area (Å²) in [5, 5.41) is 2.16. The number of carbonyl (C=O) groups excluding carboxylic acids is 3. The molecule has 1 aromatic rings. The fourth-order valence-electron chi connectivity index (χ4n) is 2.43. The highest BCUT2D eigenvalue weighted by Crippen LogP contribution is 2.37. The van der Waals surface area contributed by atoms with E-state index in [1.54, 1.807) is 24.3 Å². The summed E-state index contributed by atoms with van der Waals surface area (Å²) in [6.45, 7) is 0. The second-order valence-corrected chi connectivity index (χ2v) is 4.47. The number of imide groups is 1. The number of hydrogen-bond acceptors (Lipinski definition) is 5. The van der Waals surface area contributed by atoms with Gasteiger partial charge in [0.15, 0.2) is 0 Å². The second-order valence-electron chi connectivity index (χ2n) is 4.47. The number of piperidine rings is 1. The van der Waals surface area contributed by atoms with Crippen molar-refractivity contribution in [2.24, 2.45) is 5.92 Å². The maximum absolute atomic E-state index is 11.9. The molecule has 1 saturated heterocycles. The summed E-state index contributed by atoms with van der Waals surface area (Å²) in [6.07, 6.45) is 0.0336. The molecule has 6 nitrogen and oxygen atoms in total. The summed E-state index contributed by atoms with van der Waals surface area (Å²) < 4.78 is 9.90. The highest BCUT2D eigenvalue weighted by molar-refractivity contribution is 6.08. The van der Waals surface area contributed by atoms with E-state index >= 15 is 0 Å². The lowest BCUT2D eigenvalue weighted by molar-refractivity contribution is -0.153. The molecule has 2 unspecified atom stereocenters. The largest absolute Gasteiger partial charge is 0.496 e. The Morgan fingerprint density at radius 1 is 1.25 bits per heavy atom. The number of benzene rings is 1. The van der Waals surface area contributed by atoms with Gasteiger partial charge in [0.2, 0.25) is 11.8 Å². The van der Waals surface area contributed by atoms with E-state index in [0.717, 1.165) is 0 Å². The first-order valence-corrected chi connectivity index (χ1v) is 6.13. The van der Waals surface area contributed by atoms with Gasteiger partial charge in [0.25, 0.3) is 0 Å². The normalized spacial score (nSPS) is 22.1. The molecule has 0 radical (unpaired) electrons. The molecule has 0 aliphatic carbocycles. The monoisotopic (exact) mass is 277 g/mol. The van der Waals surface area contributed by atoms with Crippen molar-refractivity contribution in [3.05, 3.63) is 29.8 Å². The molecule has 1 N–H and O–H groups in total. The molecule has 0 bridgehead atoms. The van der Waals surface area contributed by atoms with Crippen LogP contribution in [-0.4, -0.2) is 32.0 Å². The van der Waals surface area contributed by atoms with E-state index in [-0.39, 0.29) is 6.42 Å². The molecular formula is C14H15NO5. The van der Waals surface area contributed by atoms with Crippen molar-refractivity contribution in [3.8, 4) is 5.75 Å². The number of amides is 2. The summed E-state index contributed by atoms with van der Waals surface area (Å²) >= 11 is 0. The number of ether oxygens (including phenoxy) is 2. The van der Waals surface area contributed by atoms with Crippen LogP contribution in [0.5, 0.6) is 5.75 Å². The molecule has 0 aromatic heterocycles. The SMILES string of the molecule is COC(=O)C1C(=O)NC(=O)CC1c1ccccc1OC. The van der Waals surface area contributed by atoms with Crippen molar-refractivity contribution in [3.63, 3.8) is 0 Å². The Labute approximate surface area is 116 Å². The van der Waals surface area contributed by atoms with Crippen LogP contribution >= 0.6 is 0 Å². The van der Waals surface area contributed by atoms with E-state index in [4.69, 9.17) is 4.74 Å². The van der Waals surface area contributed by atoms with E-state index < -0.39 is 29.6 Å². The maximum Gasteiger partial charge on any atom is 0.318 e. The van der Waals surface area contributed by atoms with Crippen LogP contribution in [0, 0.1) is 5.92 Å². The third-order valence-corrected chi connectivity index (χ3v) is 3.35. The topological polar surface area (TPSA) is 81.7 Å². The molecule has 20 heavy (non-hydrogen) atoms. The number of carbonyl (C=O) groups is 3. The average molecular weight is 277 g/mol. The number of esters is 1. The minimum atomic E-state index is -1.05. The predicted octanol–water partition coefficient (Wildman–Crippen LogP) is 0.614. The Morgan fingerprint density at radius 3 is 2.60 bits per heavy atom. The van der Waals surface area contributed by atoms with Crippen molar-refractivity contribution in [2.45, 2.75) is 12.3 Å². The van der Waals surface area contributed by atoms with E-state index in [0.29, 0.717) is 11.3 Å². The zero-order valence-electron chi connectivity index (χ0n) is 11.2. The zero-order valence-corrected chi connectivity index (χ0v) is 11.2. The van der Waals surface area contributed by atoms with Gasteiger partial charge in [-0.15, -0.1) is 0 Å². The summed E-state index contributed by atoms with van der Waals surface area (Å²) in [6, 6.07) is 7.01. The van der Waals surface area contributed by atoms with Crippen LogP contribution < -0.4 is 10.1 Å². The van der Waals surface area contributed by atoms with E-state index in [1.807, 2.05) is 0 Å². The molecule has 2 atom stereocenters. The van der Waals surface area contributed by atoms with Gasteiger partial charge in [0, 0.05) is 12.3 Å². The van der Waals surface area contributed by atoms with Gasteiger partial charge in [-0.1, -0.05) is 18.2 Å². The van der Waals surface area contributed by atoms with E-state index in [9.17, 15) is 14.4 Å². The van der Waals surface area contributed by atoms with E-state index in [1.165, 1.54) is 14.2 Å². The zero-order chi connectivity index (χ0) is 14.7. The van der Waals surface area contributed by atoms with Gasteiger partial charge in [0.05, 0.1) is 14.2 Å². The molecule has 1 aliphatic heterocycles. The maximum atomic E-state index is 11.9. The highest BCUT2D eigenvalue weighted by atomic mass is 16.5. The smallest absolute Gasteiger partial charge is 0.318 e. The van der Waals surface area contributed by atoms with Crippen LogP contribution in [0.25, 0.3) is 0 Å². The van der Waals surface area contributed by atoms with Crippen LogP contribution in [-0.2, 0) is 19.1 Å². The van der Waals surface area contributed by atoms with Crippen LogP contribution in [0.2, 0.25) is 0 Å². The van der Waals surface area contributed by atoms with Crippen molar-refractivity contribution in [1.82, 2.24) is 5.32 Å². The minimum absolute atomic E-state index is 0.0336. The van der Waals surface area contributed by atoms with Crippen molar-refractivity contribution < 1.29 is 23.9 Å². The number of hydrogen-bond donors (Lipinski definition) is 1. The fourth-order valence-corrected chi connectivity index (χ4v) is 2.43. The molecule has 1 aliphatic rings. The van der Waals surface area contributed by atoms with Crippen LogP contribution in [0.3, 0.4) is 0 Å². The number of nitrogens with one attached hydrogen (secondary N) is 1. The first kappa shape index (κ1) is 14.0. The molecule has 1 heterocycles. The lowest BCUT2D eigenvalue weighted by atomic mass is 9.80. The van der Waals surface area contributed by atoms with Gasteiger partial charge in [-0.05, 0) is 11.6 Å². The van der Waals surface area contributed by atoms with Crippen LogP contribution in [0.15, 0.2) is 24.3 Å². The van der Waals surface area contributed by atoms with Gasteiger partial charge in [-0.25, -0.2) is 0 Å². The first-order chi connectivity index (χ1) is 9.58. The van der Waals surface area contributed by atoms with Crippen molar-refractivity contribution in [2.75, 3.05) is 14.2 Å². The molecule has 0 spiro atoms. The van der Waals surface area contributed by atoms with Gasteiger partial charge >= 0.3 is 5.97 Å². The third kappa shape index (κ3) is 2.49. The molecule has 2 amide bonds. The average Bonchev–Trinajstić information content (AvgIpc) is 2.45. The molecule has 2 rings (SSSR count). The Kier molecular flexibility index (Phi) is 4.02. The van der Waals surface area contributed by atoms with Crippen molar-refractivity contribution in [1.29, 1.82) is 0 Å². The lowest BCUT2D eigenvalue weighted by Gasteiger charge is -2.29. The van der Waals surface area contributed by atoms with Gasteiger partial charge < -0.3 is 9.47 Å². The number of methoxy groups -OCH3 is 2. The minimum Gasteiger partial charge on any atom is -0.496 e. The third-order valence-electron chi connectivity index (χ3n) is 3.35. The molecule has 106 valence electrons. The fraction of sp³-hybridized carbons (Fsp3) is 0.357. The number of para-hydroxylation sites is 1. The Balaban J connectivity index is 2.46. The van der Waals surface area contributed by atoms with Crippen molar-refractivity contribution >= 4 is 17.8 Å². The summed E-state index contributed by atoms with van der Waals surface area (Å²) in [5.41, 5.74) is 0.647. The standard InChI is InChI=1S/C14H15NO5/c1-19-10-6-4-3-5-8(10)9-7-11(16)15-13(17)12(9)14(18)20-2/h3-6,9,12H,7H2,1-2H3,(H,15,16,17). The number of rotatable bonds is 3. The molecular weight excluding hydrogens is 262 g/mol. The van der Waals surface area contributed by atoms with E-state index in [2.05, 4.69) is 10.1 Å². The summed E-state index contributed by atoms with van der Waals surface area (Å²) in [5.74, 6) is -2.80. The summed E-state index contributed by atoms with van der Waals surface area (Å²) in [7, 11) is 2.71. The van der Waals surface area contributed by atoms with Gasteiger partial charge in [0.1, 0.15) is 11.7 Å². The lowest BCUT2D eigenvalue weighted by Crippen LogP contribution is -2.48. The Morgan fingerprint density at radius 2 is 1.95 bits per heavy atom. The molecule has 1 fully saturated rings.